The van der Waals surface area contributed by atoms with Crippen molar-refractivity contribution in [1.82, 2.24) is 9.78 Å². The van der Waals surface area contributed by atoms with Crippen molar-refractivity contribution in [3.63, 3.8) is 0 Å². The maximum atomic E-state index is 12.6. The molecule has 0 saturated heterocycles. The first-order valence-electron chi connectivity index (χ1n) is 6.62. The summed E-state index contributed by atoms with van der Waals surface area (Å²) in [5, 5.41) is 4.20. The van der Waals surface area contributed by atoms with E-state index in [1.807, 2.05) is 24.3 Å². The van der Waals surface area contributed by atoms with Crippen LogP contribution in [0.3, 0.4) is 0 Å². The highest BCUT2D eigenvalue weighted by molar-refractivity contribution is 6.08. The van der Waals surface area contributed by atoms with Gasteiger partial charge in [-0.05, 0) is 31.0 Å². The lowest BCUT2D eigenvalue weighted by atomic mass is 9.99. The molecule has 100 valence electrons. The van der Waals surface area contributed by atoms with Gasteiger partial charge in [0, 0.05) is 18.3 Å². The number of carbonyl (C=O) groups excluding carboxylic acids is 1. The van der Waals surface area contributed by atoms with Crippen molar-refractivity contribution in [2.45, 2.75) is 26.3 Å². The molecule has 0 aliphatic rings. The van der Waals surface area contributed by atoms with Crippen LogP contribution in [0.2, 0.25) is 0 Å². The number of rotatable bonds is 6. The van der Waals surface area contributed by atoms with Crippen molar-refractivity contribution in [2.75, 3.05) is 6.54 Å². The standard InChI is InChI=1S/C15H19N3O/c1-2-11-18-14(8-10-17-18)15(19)13-6-4-3-5-12(13)7-9-16/h3-6,8,10H,2,7,9,11,16H2,1H3. The molecule has 0 bridgehead atoms. The van der Waals surface area contributed by atoms with Gasteiger partial charge in [0.25, 0.3) is 0 Å². The Hall–Kier alpha value is -1.94. The van der Waals surface area contributed by atoms with E-state index in [4.69, 9.17) is 5.73 Å². The van der Waals surface area contributed by atoms with Gasteiger partial charge in [0.05, 0.1) is 0 Å². The van der Waals surface area contributed by atoms with Gasteiger partial charge in [-0.3, -0.25) is 9.48 Å². The van der Waals surface area contributed by atoms with E-state index in [1.54, 1.807) is 16.9 Å². The van der Waals surface area contributed by atoms with Crippen molar-refractivity contribution in [2.24, 2.45) is 5.73 Å². The van der Waals surface area contributed by atoms with Crippen LogP contribution in [0, 0.1) is 0 Å². The monoisotopic (exact) mass is 257 g/mol. The topological polar surface area (TPSA) is 60.9 Å². The maximum Gasteiger partial charge on any atom is 0.211 e. The first-order valence-corrected chi connectivity index (χ1v) is 6.62. The molecule has 19 heavy (non-hydrogen) atoms. The summed E-state index contributed by atoms with van der Waals surface area (Å²) in [7, 11) is 0. The van der Waals surface area contributed by atoms with Crippen LogP contribution in [0.15, 0.2) is 36.5 Å². The second-order valence-corrected chi connectivity index (χ2v) is 4.46. The fourth-order valence-electron chi connectivity index (χ4n) is 2.17. The Morgan fingerprint density at radius 2 is 2.11 bits per heavy atom. The number of carbonyl (C=O) groups is 1. The fourth-order valence-corrected chi connectivity index (χ4v) is 2.17. The number of ketones is 1. The van der Waals surface area contributed by atoms with Crippen LogP contribution in [-0.2, 0) is 13.0 Å². The Kier molecular flexibility index (Phi) is 4.47. The van der Waals surface area contributed by atoms with E-state index in [2.05, 4.69) is 12.0 Å². The highest BCUT2D eigenvalue weighted by atomic mass is 16.1. The van der Waals surface area contributed by atoms with Crippen molar-refractivity contribution in [3.05, 3.63) is 53.3 Å². The summed E-state index contributed by atoms with van der Waals surface area (Å²) in [6.07, 6.45) is 3.34. The third-order valence-corrected chi connectivity index (χ3v) is 3.06. The predicted octanol–water partition coefficient (Wildman–Crippen LogP) is 2.03. The average molecular weight is 257 g/mol. The summed E-state index contributed by atoms with van der Waals surface area (Å²) < 4.78 is 1.77. The second kappa shape index (κ2) is 6.29. The van der Waals surface area contributed by atoms with Gasteiger partial charge in [0.1, 0.15) is 5.69 Å². The zero-order valence-electron chi connectivity index (χ0n) is 11.2. The van der Waals surface area contributed by atoms with Gasteiger partial charge in [-0.25, -0.2) is 0 Å². The maximum absolute atomic E-state index is 12.6. The summed E-state index contributed by atoms with van der Waals surface area (Å²) in [6, 6.07) is 9.41. The minimum atomic E-state index is 0.0231. The summed E-state index contributed by atoms with van der Waals surface area (Å²) in [6.45, 7) is 3.37. The smallest absolute Gasteiger partial charge is 0.211 e. The van der Waals surface area contributed by atoms with Gasteiger partial charge in [0.15, 0.2) is 0 Å². The SMILES string of the molecule is CCCn1nccc1C(=O)c1ccccc1CCN. The van der Waals surface area contributed by atoms with Crippen molar-refractivity contribution >= 4 is 5.78 Å². The summed E-state index contributed by atoms with van der Waals surface area (Å²) >= 11 is 0. The molecule has 0 saturated carbocycles. The number of aromatic nitrogens is 2. The number of nitrogens with zero attached hydrogens (tertiary/aromatic N) is 2. The lowest BCUT2D eigenvalue weighted by Gasteiger charge is -2.09. The van der Waals surface area contributed by atoms with E-state index < -0.39 is 0 Å². The van der Waals surface area contributed by atoms with E-state index >= 15 is 0 Å². The summed E-state index contributed by atoms with van der Waals surface area (Å²) in [5.74, 6) is 0.0231. The highest BCUT2D eigenvalue weighted by Gasteiger charge is 2.16. The highest BCUT2D eigenvalue weighted by Crippen LogP contribution is 2.15. The molecule has 0 amide bonds. The predicted molar refractivity (Wildman–Crippen MR) is 75.2 cm³/mol. The van der Waals surface area contributed by atoms with Crippen LogP contribution in [0.25, 0.3) is 0 Å². The number of nitrogens with two attached hydrogens (primary N) is 1. The third kappa shape index (κ3) is 2.90. The van der Waals surface area contributed by atoms with E-state index in [0.717, 1.165) is 24.1 Å². The Labute approximate surface area is 113 Å². The Morgan fingerprint density at radius 3 is 2.84 bits per heavy atom. The number of benzene rings is 1. The van der Waals surface area contributed by atoms with Crippen LogP contribution in [-0.4, -0.2) is 22.1 Å². The molecule has 4 heteroatoms. The van der Waals surface area contributed by atoms with Gasteiger partial charge in [0.2, 0.25) is 5.78 Å². The van der Waals surface area contributed by atoms with Gasteiger partial charge in [-0.1, -0.05) is 31.2 Å². The molecule has 1 heterocycles. The molecule has 4 nitrogen and oxygen atoms in total. The lowest BCUT2D eigenvalue weighted by Crippen LogP contribution is -2.14. The minimum absolute atomic E-state index is 0.0231. The quantitative estimate of drug-likeness (QED) is 0.805. The van der Waals surface area contributed by atoms with E-state index in [0.29, 0.717) is 18.7 Å². The second-order valence-electron chi connectivity index (χ2n) is 4.46. The molecule has 1 aromatic carbocycles. The molecule has 2 rings (SSSR count). The van der Waals surface area contributed by atoms with Gasteiger partial charge < -0.3 is 5.73 Å². The van der Waals surface area contributed by atoms with Crippen molar-refractivity contribution in [3.8, 4) is 0 Å². The van der Waals surface area contributed by atoms with Gasteiger partial charge in [-0.2, -0.15) is 5.10 Å². The van der Waals surface area contributed by atoms with E-state index in [9.17, 15) is 4.79 Å². The molecule has 0 fully saturated rings. The lowest BCUT2D eigenvalue weighted by molar-refractivity contribution is 0.102. The fraction of sp³-hybridized carbons (Fsp3) is 0.333. The third-order valence-electron chi connectivity index (χ3n) is 3.06. The van der Waals surface area contributed by atoms with Gasteiger partial charge >= 0.3 is 0 Å². The number of hydrogen-bond acceptors (Lipinski definition) is 3. The first-order chi connectivity index (χ1) is 9.27. The Balaban J connectivity index is 2.36. The van der Waals surface area contributed by atoms with Crippen LogP contribution >= 0.6 is 0 Å². The zero-order chi connectivity index (χ0) is 13.7. The molecular weight excluding hydrogens is 238 g/mol. The van der Waals surface area contributed by atoms with Crippen LogP contribution < -0.4 is 5.73 Å². The molecule has 0 atom stereocenters. The summed E-state index contributed by atoms with van der Waals surface area (Å²) in [5.41, 5.74) is 7.97. The van der Waals surface area contributed by atoms with Crippen LogP contribution in [0.4, 0.5) is 0 Å². The van der Waals surface area contributed by atoms with E-state index in [1.165, 1.54) is 0 Å². The number of aryl methyl sites for hydroxylation is 1. The minimum Gasteiger partial charge on any atom is -0.330 e. The normalized spacial score (nSPS) is 10.6. The number of hydrogen-bond donors (Lipinski definition) is 1. The molecule has 1 aromatic heterocycles. The largest absolute Gasteiger partial charge is 0.330 e. The molecule has 0 spiro atoms. The molecule has 2 N–H and O–H groups in total. The molecule has 0 unspecified atom stereocenters. The van der Waals surface area contributed by atoms with Crippen molar-refractivity contribution in [1.29, 1.82) is 0 Å². The van der Waals surface area contributed by atoms with Crippen LogP contribution in [0.5, 0.6) is 0 Å². The molecule has 0 aliphatic carbocycles. The van der Waals surface area contributed by atoms with Crippen molar-refractivity contribution < 1.29 is 4.79 Å². The molecule has 0 aliphatic heterocycles. The molecular formula is C15H19N3O. The Morgan fingerprint density at radius 1 is 1.32 bits per heavy atom. The average Bonchev–Trinajstić information content (AvgIpc) is 2.88. The molecule has 0 radical (unpaired) electrons. The van der Waals surface area contributed by atoms with E-state index in [-0.39, 0.29) is 5.78 Å². The van der Waals surface area contributed by atoms with Crippen LogP contribution in [0.1, 0.15) is 35.0 Å². The zero-order valence-corrected chi connectivity index (χ0v) is 11.2. The Bertz CT molecular complexity index is 560. The summed E-state index contributed by atoms with van der Waals surface area (Å²) in [4.78, 5) is 12.6. The van der Waals surface area contributed by atoms with Gasteiger partial charge in [-0.15, -0.1) is 0 Å². The molecule has 2 aromatic rings. The first kappa shape index (κ1) is 13.5.